The van der Waals surface area contributed by atoms with Crippen molar-refractivity contribution in [3.63, 3.8) is 0 Å². The van der Waals surface area contributed by atoms with Crippen LogP contribution in [0.25, 0.3) is 11.1 Å². The number of piperazine rings is 1. The highest BCUT2D eigenvalue weighted by atomic mass is 16.5. The van der Waals surface area contributed by atoms with Crippen molar-refractivity contribution in [1.29, 1.82) is 5.41 Å². The third kappa shape index (κ3) is 11.2. The second-order valence-corrected chi connectivity index (χ2v) is 17.1. The molecule has 2 aromatic heterocycles. The number of rotatable bonds is 19. The minimum absolute atomic E-state index is 0.0350. The average molecular weight is 916 g/mol. The van der Waals surface area contributed by atoms with Crippen LogP contribution >= 0.6 is 0 Å². The van der Waals surface area contributed by atoms with Crippen molar-refractivity contribution >= 4 is 58.9 Å². The lowest BCUT2D eigenvalue weighted by Crippen LogP contribution is -2.54. The minimum Gasteiger partial charge on any atom is -0.382 e. The van der Waals surface area contributed by atoms with Gasteiger partial charge in [0.05, 0.1) is 29.9 Å². The van der Waals surface area contributed by atoms with E-state index in [0.29, 0.717) is 54.1 Å². The molecule has 2 fully saturated rings. The first-order valence-electron chi connectivity index (χ1n) is 22.5. The highest BCUT2D eigenvalue weighted by Gasteiger charge is 2.45. The highest BCUT2D eigenvalue weighted by molar-refractivity contribution is 6.25. The fraction of sp³-hybridized carbons (Fsp3) is 0.396. The number of pyridine rings is 2. The number of ether oxygens (including phenoxy) is 1. The van der Waals surface area contributed by atoms with Crippen molar-refractivity contribution in [3.05, 3.63) is 104 Å². The lowest BCUT2D eigenvalue weighted by molar-refractivity contribution is -0.136. The van der Waals surface area contributed by atoms with Crippen LogP contribution in [-0.4, -0.2) is 133 Å². The molecule has 1 atom stereocenters. The Hall–Kier alpha value is -7.25. The van der Waals surface area contributed by atoms with Crippen molar-refractivity contribution in [1.82, 2.24) is 35.7 Å². The van der Waals surface area contributed by atoms with E-state index >= 15 is 0 Å². The number of aromatic amines is 1. The fourth-order valence-corrected chi connectivity index (χ4v) is 8.54. The standard InChI is InChI=1S/C48H57N11O8/c1-28(2)54-38-24-32(23-34(35(38)25-49)44(62)53-27-36-29(3)22-30(4)55-45(36)63)31-8-10-40(52-26-31)58-18-16-57(17-19-58)15-12-41(60)51-14-21-67-20-13-50-37-7-5-6-33-43(37)48(66)59(47(33)65)39-9-11-42(61)56-46(39)64/h5-8,10,22-26,28,39,49-50,54H,9,11-21,27H2,1-4H3,(H,51,60)(H,53,62)(H,55,63)(H,56,61,64). The maximum absolute atomic E-state index is 13.7. The van der Waals surface area contributed by atoms with Gasteiger partial charge in [0.2, 0.25) is 17.7 Å². The van der Waals surface area contributed by atoms with Crippen LogP contribution in [0.1, 0.15) is 86.6 Å². The summed E-state index contributed by atoms with van der Waals surface area (Å²) in [6.07, 6.45) is 3.41. The van der Waals surface area contributed by atoms with E-state index in [1.165, 1.54) is 12.3 Å². The summed E-state index contributed by atoms with van der Waals surface area (Å²) in [5, 5.41) is 22.7. The molecule has 352 valence electrons. The van der Waals surface area contributed by atoms with Crippen LogP contribution in [0, 0.1) is 19.3 Å². The first kappa shape index (κ1) is 47.7. The Labute approximate surface area is 387 Å². The van der Waals surface area contributed by atoms with E-state index < -0.39 is 35.6 Å². The van der Waals surface area contributed by atoms with E-state index in [9.17, 15) is 33.6 Å². The van der Waals surface area contributed by atoms with Gasteiger partial charge < -0.3 is 41.3 Å². The third-order valence-corrected chi connectivity index (χ3v) is 12.0. The molecule has 1 unspecified atom stereocenters. The molecular weight excluding hydrogens is 859 g/mol. The molecule has 0 spiro atoms. The zero-order valence-electron chi connectivity index (χ0n) is 38.2. The first-order chi connectivity index (χ1) is 32.2. The summed E-state index contributed by atoms with van der Waals surface area (Å²) in [7, 11) is 0. The quantitative estimate of drug-likeness (QED) is 0.0407. The lowest BCUT2D eigenvalue weighted by atomic mass is 9.97. The lowest BCUT2D eigenvalue weighted by Gasteiger charge is -2.35. The normalized spacial score (nSPS) is 16.2. The molecule has 7 N–H and O–H groups in total. The molecule has 4 aromatic rings. The van der Waals surface area contributed by atoms with E-state index in [0.717, 1.165) is 59.3 Å². The molecule has 2 saturated heterocycles. The Morgan fingerprint density at radius 3 is 2.40 bits per heavy atom. The molecule has 0 saturated carbocycles. The molecule has 5 heterocycles. The van der Waals surface area contributed by atoms with Gasteiger partial charge in [-0.05, 0) is 87.7 Å². The van der Waals surface area contributed by atoms with Crippen molar-refractivity contribution < 1.29 is 33.5 Å². The zero-order valence-corrected chi connectivity index (χ0v) is 38.2. The van der Waals surface area contributed by atoms with Gasteiger partial charge in [0.25, 0.3) is 23.3 Å². The summed E-state index contributed by atoms with van der Waals surface area (Å²) >= 11 is 0. The number of nitrogens with zero attached hydrogens (tertiary/aromatic N) is 4. The number of carbonyl (C=O) groups excluding carboxylic acids is 6. The third-order valence-electron chi connectivity index (χ3n) is 12.0. The number of nitrogens with one attached hydrogen (secondary N) is 7. The molecule has 19 nitrogen and oxygen atoms in total. The van der Waals surface area contributed by atoms with Gasteiger partial charge in [-0.3, -0.25) is 48.7 Å². The molecule has 0 bridgehead atoms. The SMILES string of the molecule is Cc1cc(C)c(CNC(=O)c2cc(-c3ccc(N4CCN(CCC(=O)NCCOCCNc5cccc6c5C(=O)N(C5CCC(=O)NC5=O)C6=O)CC4)nc3)cc(NC(C)C)c2C=N)c(=O)[nH]1. The maximum Gasteiger partial charge on any atom is 0.264 e. The predicted molar refractivity (Wildman–Crippen MR) is 253 cm³/mol. The zero-order chi connectivity index (χ0) is 47.8. The summed E-state index contributed by atoms with van der Waals surface area (Å²) in [5.41, 5.74) is 5.50. The number of aryl methyl sites for hydroxylation is 2. The maximum atomic E-state index is 13.7. The number of fused-ring (bicyclic) bond motifs is 1. The molecule has 67 heavy (non-hydrogen) atoms. The number of carbonyl (C=O) groups is 6. The smallest absolute Gasteiger partial charge is 0.264 e. The second kappa shape index (κ2) is 21.4. The van der Waals surface area contributed by atoms with E-state index in [1.54, 1.807) is 24.4 Å². The molecular formula is C48H57N11O8. The number of H-pyrrole nitrogens is 1. The number of amides is 6. The predicted octanol–water partition coefficient (Wildman–Crippen LogP) is 2.96. The van der Waals surface area contributed by atoms with Crippen LogP contribution in [-0.2, 0) is 25.7 Å². The topological polar surface area (TPSA) is 251 Å². The fourth-order valence-electron chi connectivity index (χ4n) is 8.54. The summed E-state index contributed by atoms with van der Waals surface area (Å²) in [5.74, 6) is -1.92. The number of hydrogen-bond acceptors (Lipinski definition) is 14. The Morgan fingerprint density at radius 2 is 1.70 bits per heavy atom. The number of piperidine rings is 1. The average Bonchev–Trinajstić information content (AvgIpc) is 3.55. The van der Waals surface area contributed by atoms with Gasteiger partial charge in [-0.2, -0.15) is 0 Å². The molecule has 3 aliphatic rings. The first-order valence-corrected chi connectivity index (χ1v) is 22.5. The Balaban J connectivity index is 0.831. The Morgan fingerprint density at radius 1 is 0.925 bits per heavy atom. The van der Waals surface area contributed by atoms with Gasteiger partial charge in [-0.15, -0.1) is 0 Å². The van der Waals surface area contributed by atoms with Gasteiger partial charge in [0.1, 0.15) is 11.9 Å². The number of anilines is 3. The monoisotopic (exact) mass is 915 g/mol. The van der Waals surface area contributed by atoms with Gasteiger partial charge in [0.15, 0.2) is 0 Å². The van der Waals surface area contributed by atoms with E-state index in [1.807, 2.05) is 52.0 Å². The van der Waals surface area contributed by atoms with Gasteiger partial charge in [-0.25, -0.2) is 4.98 Å². The van der Waals surface area contributed by atoms with E-state index in [4.69, 9.17) is 15.1 Å². The summed E-state index contributed by atoms with van der Waals surface area (Å²) in [6.45, 7) is 12.4. The Kier molecular flexibility index (Phi) is 15.2. The van der Waals surface area contributed by atoms with Gasteiger partial charge in [0, 0.05) is 117 Å². The summed E-state index contributed by atoms with van der Waals surface area (Å²) < 4.78 is 5.69. The van der Waals surface area contributed by atoms with Crippen LogP contribution in [0.2, 0.25) is 0 Å². The van der Waals surface area contributed by atoms with Crippen LogP contribution in [0.3, 0.4) is 0 Å². The van der Waals surface area contributed by atoms with E-state index in [-0.39, 0.29) is 61.2 Å². The van der Waals surface area contributed by atoms with Gasteiger partial charge in [-0.1, -0.05) is 6.07 Å². The second-order valence-electron chi connectivity index (χ2n) is 17.1. The van der Waals surface area contributed by atoms with Crippen molar-refractivity contribution in [2.24, 2.45) is 0 Å². The number of benzene rings is 2. The number of aromatic nitrogens is 2. The van der Waals surface area contributed by atoms with Crippen molar-refractivity contribution in [3.8, 4) is 11.1 Å². The van der Waals surface area contributed by atoms with Crippen LogP contribution in [0.4, 0.5) is 17.2 Å². The van der Waals surface area contributed by atoms with Crippen LogP contribution in [0.5, 0.6) is 0 Å². The molecule has 7 rings (SSSR count). The van der Waals surface area contributed by atoms with E-state index in [2.05, 4.69) is 41.4 Å². The number of imide groups is 2. The highest BCUT2D eigenvalue weighted by Crippen LogP contribution is 2.33. The van der Waals surface area contributed by atoms with Gasteiger partial charge >= 0.3 is 0 Å². The molecule has 3 aliphatic heterocycles. The van der Waals surface area contributed by atoms with Crippen molar-refractivity contribution in [2.45, 2.75) is 65.6 Å². The largest absolute Gasteiger partial charge is 0.382 e. The molecule has 0 radical (unpaired) electrons. The van der Waals surface area contributed by atoms with Crippen molar-refractivity contribution in [2.75, 3.05) is 74.6 Å². The molecule has 0 aliphatic carbocycles. The molecule has 2 aromatic carbocycles. The van der Waals surface area contributed by atoms with Crippen LogP contribution in [0.15, 0.2) is 59.5 Å². The minimum atomic E-state index is -1.04. The summed E-state index contributed by atoms with van der Waals surface area (Å²) in [6, 6.07) is 13.3. The molecule has 6 amide bonds. The number of hydrogen-bond donors (Lipinski definition) is 7. The van der Waals surface area contributed by atoms with Crippen LogP contribution < -0.4 is 37.0 Å². The molecule has 19 heteroatoms. The summed E-state index contributed by atoms with van der Waals surface area (Å²) in [4.78, 5) is 102. The Bertz CT molecular complexity index is 2620.